The third-order valence-electron chi connectivity index (χ3n) is 3.07. The van der Waals surface area contributed by atoms with Crippen molar-refractivity contribution >= 4 is 33.4 Å². The maximum Gasteiger partial charge on any atom is 0.255 e. The predicted molar refractivity (Wildman–Crippen MR) is 72.2 cm³/mol. The first-order valence-electron chi connectivity index (χ1n) is 5.56. The lowest BCUT2D eigenvalue weighted by atomic mass is 10.1. The Morgan fingerprint density at radius 2 is 2.35 bits per heavy atom. The lowest BCUT2D eigenvalue weighted by Crippen LogP contribution is -2.30. The molecule has 0 bridgehead atoms. The third-order valence-corrected chi connectivity index (χ3v) is 3.89. The van der Waals surface area contributed by atoms with Gasteiger partial charge in [-0.1, -0.05) is 27.5 Å². The second-order valence-electron chi connectivity index (χ2n) is 4.27. The second-order valence-corrected chi connectivity index (χ2v) is 5.59. The fourth-order valence-electron chi connectivity index (χ4n) is 2.04. The van der Waals surface area contributed by atoms with E-state index >= 15 is 0 Å². The van der Waals surface area contributed by atoms with E-state index in [1.165, 1.54) is 0 Å². The van der Waals surface area contributed by atoms with Crippen LogP contribution in [-0.2, 0) is 0 Å². The summed E-state index contributed by atoms with van der Waals surface area (Å²) in [6, 6.07) is 5.32. The molecule has 2 N–H and O–H groups in total. The van der Waals surface area contributed by atoms with E-state index in [2.05, 4.69) is 15.9 Å². The summed E-state index contributed by atoms with van der Waals surface area (Å²) in [4.78, 5) is 14.1. The fraction of sp³-hybridized carbons (Fsp3) is 0.417. The molecule has 0 unspecified atom stereocenters. The van der Waals surface area contributed by atoms with Crippen LogP contribution in [0.1, 0.15) is 16.8 Å². The molecule has 0 radical (unpaired) electrons. The van der Waals surface area contributed by atoms with Crippen LogP contribution in [0.25, 0.3) is 0 Å². The highest BCUT2D eigenvalue weighted by atomic mass is 79.9. The average Bonchev–Trinajstić information content (AvgIpc) is 2.80. The molecule has 1 amide bonds. The van der Waals surface area contributed by atoms with Crippen LogP contribution in [0.5, 0.6) is 0 Å². The number of halogens is 2. The zero-order valence-corrected chi connectivity index (χ0v) is 11.7. The van der Waals surface area contributed by atoms with E-state index in [1.807, 2.05) is 11.0 Å². The van der Waals surface area contributed by atoms with Crippen molar-refractivity contribution in [2.45, 2.75) is 6.42 Å². The zero-order chi connectivity index (χ0) is 12.4. The Morgan fingerprint density at radius 3 is 3.00 bits per heavy atom. The Hall–Kier alpha value is -0.580. The summed E-state index contributed by atoms with van der Waals surface area (Å²) < 4.78 is 0.861. The van der Waals surface area contributed by atoms with Crippen molar-refractivity contribution in [2.24, 2.45) is 11.7 Å². The summed E-state index contributed by atoms with van der Waals surface area (Å²) in [5.41, 5.74) is 6.17. The highest BCUT2D eigenvalue weighted by molar-refractivity contribution is 9.10. The SMILES string of the molecule is NC[C@@H]1CCN(C(=O)c2cc(Br)ccc2Cl)C1. The van der Waals surface area contributed by atoms with Crippen molar-refractivity contribution in [1.82, 2.24) is 4.90 Å². The number of nitrogens with zero attached hydrogens (tertiary/aromatic N) is 1. The third kappa shape index (κ3) is 2.81. The number of rotatable bonds is 2. The first kappa shape index (κ1) is 12.9. The van der Waals surface area contributed by atoms with E-state index in [4.69, 9.17) is 17.3 Å². The van der Waals surface area contributed by atoms with Gasteiger partial charge in [-0.05, 0) is 37.1 Å². The van der Waals surface area contributed by atoms with Crippen LogP contribution in [0.2, 0.25) is 5.02 Å². The van der Waals surface area contributed by atoms with E-state index in [1.54, 1.807) is 12.1 Å². The number of nitrogens with two attached hydrogens (primary N) is 1. The second kappa shape index (κ2) is 5.38. The van der Waals surface area contributed by atoms with Gasteiger partial charge in [-0.3, -0.25) is 4.79 Å². The van der Waals surface area contributed by atoms with Crippen LogP contribution in [0, 0.1) is 5.92 Å². The van der Waals surface area contributed by atoms with Crippen LogP contribution in [0.15, 0.2) is 22.7 Å². The van der Waals surface area contributed by atoms with E-state index in [9.17, 15) is 4.79 Å². The number of carbonyl (C=O) groups is 1. The number of hydrogen-bond donors (Lipinski definition) is 1. The van der Waals surface area contributed by atoms with Crippen LogP contribution in [0.3, 0.4) is 0 Å². The molecule has 3 nitrogen and oxygen atoms in total. The Balaban J connectivity index is 2.17. The lowest BCUT2D eigenvalue weighted by Gasteiger charge is -2.17. The highest BCUT2D eigenvalue weighted by Gasteiger charge is 2.27. The molecule has 5 heteroatoms. The molecule has 0 spiro atoms. The van der Waals surface area contributed by atoms with Crippen LogP contribution < -0.4 is 5.73 Å². The first-order valence-corrected chi connectivity index (χ1v) is 6.73. The minimum atomic E-state index is -0.00718. The van der Waals surface area contributed by atoms with Crippen molar-refractivity contribution in [2.75, 3.05) is 19.6 Å². The molecule has 1 aliphatic rings. The van der Waals surface area contributed by atoms with Gasteiger partial charge in [0.25, 0.3) is 5.91 Å². The molecule has 0 aromatic heterocycles. The van der Waals surface area contributed by atoms with Crippen LogP contribution in [-0.4, -0.2) is 30.4 Å². The molecule has 92 valence electrons. The van der Waals surface area contributed by atoms with Crippen molar-refractivity contribution < 1.29 is 4.79 Å². The van der Waals surface area contributed by atoms with Crippen molar-refractivity contribution in [3.63, 3.8) is 0 Å². The van der Waals surface area contributed by atoms with Gasteiger partial charge in [0.1, 0.15) is 0 Å². The van der Waals surface area contributed by atoms with Gasteiger partial charge in [0.15, 0.2) is 0 Å². The van der Waals surface area contributed by atoms with Gasteiger partial charge in [-0.25, -0.2) is 0 Å². The number of hydrogen-bond acceptors (Lipinski definition) is 2. The molecule has 1 aromatic rings. The molecule has 2 rings (SSSR count). The Kier molecular flexibility index (Phi) is 4.07. The maximum atomic E-state index is 12.3. The summed E-state index contributed by atoms with van der Waals surface area (Å²) in [5, 5.41) is 0.495. The van der Waals surface area contributed by atoms with Crippen molar-refractivity contribution in [3.05, 3.63) is 33.3 Å². The van der Waals surface area contributed by atoms with Gasteiger partial charge in [-0.2, -0.15) is 0 Å². The minimum absolute atomic E-state index is 0.00718. The Labute approximate surface area is 114 Å². The predicted octanol–water partition coefficient (Wildman–Crippen LogP) is 2.52. The molecule has 1 saturated heterocycles. The molecule has 17 heavy (non-hydrogen) atoms. The van der Waals surface area contributed by atoms with Gasteiger partial charge in [0.2, 0.25) is 0 Å². The summed E-state index contributed by atoms with van der Waals surface area (Å²) in [5.74, 6) is 0.414. The molecule has 0 saturated carbocycles. The van der Waals surface area contributed by atoms with Gasteiger partial charge >= 0.3 is 0 Å². The van der Waals surface area contributed by atoms with Gasteiger partial charge < -0.3 is 10.6 Å². The minimum Gasteiger partial charge on any atom is -0.338 e. The Morgan fingerprint density at radius 1 is 1.59 bits per heavy atom. The van der Waals surface area contributed by atoms with Crippen molar-refractivity contribution in [3.8, 4) is 0 Å². The Bertz CT molecular complexity index is 439. The quantitative estimate of drug-likeness (QED) is 0.911. The largest absolute Gasteiger partial charge is 0.338 e. The normalized spacial score (nSPS) is 19.7. The van der Waals surface area contributed by atoms with E-state index in [0.717, 1.165) is 24.0 Å². The average molecular weight is 318 g/mol. The molecule has 1 heterocycles. The molecular formula is C12H14BrClN2O. The lowest BCUT2D eigenvalue weighted by molar-refractivity contribution is 0.0788. The smallest absolute Gasteiger partial charge is 0.255 e. The monoisotopic (exact) mass is 316 g/mol. The molecule has 1 atom stereocenters. The van der Waals surface area contributed by atoms with E-state index < -0.39 is 0 Å². The molecule has 1 fully saturated rings. The van der Waals surface area contributed by atoms with Gasteiger partial charge in [-0.15, -0.1) is 0 Å². The first-order chi connectivity index (χ1) is 8.11. The van der Waals surface area contributed by atoms with Gasteiger partial charge in [0.05, 0.1) is 10.6 Å². The highest BCUT2D eigenvalue weighted by Crippen LogP contribution is 2.25. The summed E-state index contributed by atoms with van der Waals surface area (Å²) in [6.07, 6.45) is 0.980. The van der Waals surface area contributed by atoms with Crippen LogP contribution >= 0.6 is 27.5 Å². The number of benzene rings is 1. The molecule has 0 aliphatic carbocycles. The maximum absolute atomic E-state index is 12.3. The number of amides is 1. The number of likely N-dealkylation sites (tertiary alicyclic amines) is 1. The molecule has 1 aliphatic heterocycles. The standard InChI is InChI=1S/C12H14BrClN2O/c13-9-1-2-11(14)10(5-9)12(17)16-4-3-8(6-15)7-16/h1-2,5,8H,3-4,6-7,15H2/t8-/m0/s1. The summed E-state index contributed by atoms with van der Waals surface area (Å²) >= 11 is 9.40. The van der Waals surface area contributed by atoms with Crippen molar-refractivity contribution in [1.29, 1.82) is 0 Å². The molecule has 1 aromatic carbocycles. The summed E-state index contributed by atoms with van der Waals surface area (Å²) in [6.45, 7) is 2.14. The zero-order valence-electron chi connectivity index (χ0n) is 9.33. The number of carbonyl (C=O) groups excluding carboxylic acids is 1. The fourth-order valence-corrected chi connectivity index (χ4v) is 2.60. The van der Waals surface area contributed by atoms with Gasteiger partial charge in [0, 0.05) is 17.6 Å². The van der Waals surface area contributed by atoms with Crippen LogP contribution in [0.4, 0.5) is 0 Å². The van der Waals surface area contributed by atoms with E-state index in [0.29, 0.717) is 23.0 Å². The molecular weight excluding hydrogens is 304 g/mol. The summed E-state index contributed by atoms with van der Waals surface area (Å²) in [7, 11) is 0. The van der Waals surface area contributed by atoms with E-state index in [-0.39, 0.29) is 5.91 Å². The topological polar surface area (TPSA) is 46.3 Å².